The van der Waals surface area contributed by atoms with Crippen LogP contribution in [0.5, 0.6) is 0 Å². The molecule has 2 N–H and O–H groups in total. The van der Waals surface area contributed by atoms with Crippen LogP contribution in [0.2, 0.25) is 5.02 Å². The quantitative estimate of drug-likeness (QED) is 0.518. The Labute approximate surface area is 197 Å². The van der Waals surface area contributed by atoms with Crippen LogP contribution in [0.3, 0.4) is 0 Å². The first kappa shape index (κ1) is 23.0. The summed E-state index contributed by atoms with van der Waals surface area (Å²) in [6.07, 6.45) is 2.72. The summed E-state index contributed by atoms with van der Waals surface area (Å²) < 4.78 is 14.4. The predicted molar refractivity (Wildman–Crippen MR) is 130 cm³/mol. The minimum absolute atomic E-state index is 0.0119. The lowest BCUT2D eigenvalue weighted by Gasteiger charge is -2.16. The number of benzene rings is 2. The average molecular weight is 466 g/mol. The molecule has 8 heteroatoms. The Morgan fingerprint density at radius 2 is 2.12 bits per heavy atom. The van der Waals surface area contributed by atoms with Crippen molar-refractivity contribution in [3.63, 3.8) is 0 Å². The second-order valence-electron chi connectivity index (χ2n) is 8.56. The van der Waals surface area contributed by atoms with E-state index in [9.17, 15) is 9.18 Å². The second-order valence-corrected chi connectivity index (χ2v) is 8.97. The molecule has 1 aliphatic rings. The van der Waals surface area contributed by atoms with Crippen molar-refractivity contribution in [1.29, 1.82) is 0 Å². The van der Waals surface area contributed by atoms with Gasteiger partial charge in [0, 0.05) is 23.8 Å². The van der Waals surface area contributed by atoms with Gasteiger partial charge in [0.2, 0.25) is 5.91 Å². The number of halogens is 2. The summed E-state index contributed by atoms with van der Waals surface area (Å²) in [4.78, 5) is 23.1. The average Bonchev–Trinajstić information content (AvgIpc) is 3.14. The van der Waals surface area contributed by atoms with Gasteiger partial charge in [-0.25, -0.2) is 14.4 Å². The number of nitrogens with zero attached hydrogens (tertiary/aromatic N) is 3. The van der Waals surface area contributed by atoms with E-state index in [1.54, 1.807) is 25.1 Å². The Morgan fingerprint density at radius 1 is 1.30 bits per heavy atom. The largest absolute Gasteiger partial charge is 0.337 e. The minimum atomic E-state index is -0.567. The standard InChI is InChI=1S/C25H25ClFN5O/c1-4-22(33)30-20-13-17-21(12-16(20)8-9-25(2)10-11-32(3)14-25)28-15-29-24(17)31-19-7-5-6-18(26)23(19)27/h5-7,12-13,15H,4,10-11,14H2,1-3H3,(H,30,33)(H,28,29,31). The summed E-state index contributed by atoms with van der Waals surface area (Å²) in [6, 6.07) is 8.32. The summed E-state index contributed by atoms with van der Waals surface area (Å²) in [7, 11) is 2.09. The highest BCUT2D eigenvalue weighted by Crippen LogP contribution is 2.32. The highest BCUT2D eigenvalue weighted by molar-refractivity contribution is 6.31. The van der Waals surface area contributed by atoms with Crippen LogP contribution in [0.15, 0.2) is 36.7 Å². The van der Waals surface area contributed by atoms with Gasteiger partial charge in [-0.15, -0.1) is 0 Å². The summed E-state index contributed by atoms with van der Waals surface area (Å²) in [5.74, 6) is 6.38. The van der Waals surface area contributed by atoms with E-state index < -0.39 is 5.82 Å². The number of rotatable bonds is 4. The maximum Gasteiger partial charge on any atom is 0.224 e. The summed E-state index contributed by atoms with van der Waals surface area (Å²) >= 11 is 5.91. The Morgan fingerprint density at radius 3 is 2.85 bits per heavy atom. The van der Waals surface area contributed by atoms with Crippen LogP contribution >= 0.6 is 11.6 Å². The molecule has 1 aliphatic heterocycles. The molecule has 33 heavy (non-hydrogen) atoms. The van der Waals surface area contributed by atoms with Gasteiger partial charge in [-0.05, 0) is 51.2 Å². The number of amides is 1. The third-order valence-corrected chi connectivity index (χ3v) is 6.03. The van der Waals surface area contributed by atoms with Crippen molar-refractivity contribution in [2.75, 3.05) is 30.8 Å². The van der Waals surface area contributed by atoms with Crippen LogP contribution in [0, 0.1) is 23.1 Å². The molecule has 2 heterocycles. The number of carbonyl (C=O) groups excluding carboxylic acids is 1. The van der Waals surface area contributed by atoms with Crippen LogP contribution in [0.4, 0.5) is 21.6 Å². The molecule has 4 rings (SSSR count). The summed E-state index contributed by atoms with van der Waals surface area (Å²) in [5.41, 5.74) is 1.96. The maximum atomic E-state index is 14.4. The van der Waals surface area contributed by atoms with E-state index in [2.05, 4.69) is 51.3 Å². The molecule has 0 bridgehead atoms. The van der Waals surface area contributed by atoms with Gasteiger partial charge in [-0.3, -0.25) is 4.79 Å². The van der Waals surface area contributed by atoms with E-state index in [0.717, 1.165) is 19.5 Å². The second kappa shape index (κ2) is 9.34. The fraction of sp³-hybridized carbons (Fsp3) is 0.320. The van der Waals surface area contributed by atoms with Crippen molar-refractivity contribution in [2.45, 2.75) is 26.7 Å². The molecule has 1 amide bonds. The van der Waals surface area contributed by atoms with Crippen molar-refractivity contribution in [2.24, 2.45) is 5.41 Å². The zero-order chi connectivity index (χ0) is 23.6. The van der Waals surface area contributed by atoms with Crippen LogP contribution in [0.1, 0.15) is 32.3 Å². The molecule has 1 aromatic heterocycles. The summed E-state index contributed by atoms with van der Waals surface area (Å²) in [5, 5.41) is 6.56. The molecule has 1 saturated heterocycles. The number of nitrogens with one attached hydrogen (secondary N) is 2. The van der Waals surface area contributed by atoms with Gasteiger partial charge in [0.15, 0.2) is 5.82 Å². The Hall–Kier alpha value is -3.21. The molecule has 0 saturated carbocycles. The SMILES string of the molecule is CCC(=O)Nc1cc2c(Nc3cccc(Cl)c3F)ncnc2cc1C#CC1(C)CCN(C)C1. The molecule has 1 atom stereocenters. The molecule has 6 nitrogen and oxygen atoms in total. The zero-order valence-corrected chi connectivity index (χ0v) is 19.6. The van der Waals surface area contributed by atoms with E-state index in [1.807, 2.05) is 6.07 Å². The lowest BCUT2D eigenvalue weighted by Crippen LogP contribution is -2.20. The van der Waals surface area contributed by atoms with Crippen LogP contribution in [-0.4, -0.2) is 40.9 Å². The van der Waals surface area contributed by atoms with Gasteiger partial charge in [-0.2, -0.15) is 0 Å². The molecule has 0 radical (unpaired) electrons. The van der Waals surface area contributed by atoms with Crippen molar-refractivity contribution < 1.29 is 9.18 Å². The maximum absolute atomic E-state index is 14.4. The molecular formula is C25H25ClFN5O. The number of hydrogen-bond acceptors (Lipinski definition) is 5. The number of aromatic nitrogens is 2. The lowest BCUT2D eigenvalue weighted by atomic mass is 9.90. The number of anilines is 3. The Bertz CT molecular complexity index is 1290. The van der Waals surface area contributed by atoms with Gasteiger partial charge < -0.3 is 15.5 Å². The van der Waals surface area contributed by atoms with Gasteiger partial charge in [0.05, 0.1) is 27.5 Å². The van der Waals surface area contributed by atoms with Gasteiger partial charge >= 0.3 is 0 Å². The van der Waals surface area contributed by atoms with Crippen molar-refractivity contribution in [3.8, 4) is 11.8 Å². The van der Waals surface area contributed by atoms with Crippen LogP contribution < -0.4 is 10.6 Å². The molecule has 3 aromatic rings. The number of hydrogen-bond donors (Lipinski definition) is 2. The molecule has 1 unspecified atom stereocenters. The topological polar surface area (TPSA) is 70.1 Å². The molecule has 0 spiro atoms. The first-order valence-electron chi connectivity index (χ1n) is 10.8. The first-order valence-corrected chi connectivity index (χ1v) is 11.2. The van der Waals surface area contributed by atoms with Crippen LogP contribution in [0.25, 0.3) is 10.9 Å². The third-order valence-electron chi connectivity index (χ3n) is 5.74. The normalized spacial score (nSPS) is 18.1. The fourth-order valence-electron chi connectivity index (χ4n) is 3.89. The number of carbonyl (C=O) groups is 1. The summed E-state index contributed by atoms with van der Waals surface area (Å²) in [6.45, 7) is 5.84. The Kier molecular flexibility index (Phi) is 6.50. The van der Waals surface area contributed by atoms with Gasteiger partial charge in [0.25, 0.3) is 0 Å². The van der Waals surface area contributed by atoms with E-state index in [4.69, 9.17) is 11.6 Å². The first-order chi connectivity index (χ1) is 15.8. The highest BCUT2D eigenvalue weighted by Gasteiger charge is 2.30. The molecule has 2 aromatic carbocycles. The number of fused-ring (bicyclic) bond motifs is 1. The Balaban J connectivity index is 1.79. The lowest BCUT2D eigenvalue weighted by molar-refractivity contribution is -0.115. The molecule has 1 fully saturated rings. The molecule has 170 valence electrons. The smallest absolute Gasteiger partial charge is 0.224 e. The molecular weight excluding hydrogens is 441 g/mol. The van der Waals surface area contributed by atoms with Gasteiger partial charge in [-0.1, -0.05) is 36.4 Å². The number of likely N-dealkylation sites (tertiary alicyclic amines) is 1. The third kappa shape index (κ3) is 5.08. The minimum Gasteiger partial charge on any atom is -0.337 e. The monoisotopic (exact) mass is 465 g/mol. The van der Waals surface area contributed by atoms with E-state index in [-0.39, 0.29) is 22.0 Å². The predicted octanol–water partition coefficient (Wildman–Crippen LogP) is 5.21. The van der Waals surface area contributed by atoms with Crippen LogP contribution in [-0.2, 0) is 4.79 Å². The van der Waals surface area contributed by atoms with Gasteiger partial charge in [0.1, 0.15) is 12.1 Å². The van der Waals surface area contributed by atoms with Crippen molar-refractivity contribution in [3.05, 3.63) is 53.1 Å². The van der Waals surface area contributed by atoms with E-state index >= 15 is 0 Å². The van der Waals surface area contributed by atoms with E-state index in [1.165, 1.54) is 12.4 Å². The van der Waals surface area contributed by atoms with Crippen molar-refractivity contribution >= 4 is 45.6 Å². The van der Waals surface area contributed by atoms with Crippen molar-refractivity contribution in [1.82, 2.24) is 14.9 Å². The highest BCUT2D eigenvalue weighted by atomic mass is 35.5. The van der Waals surface area contributed by atoms with E-state index in [0.29, 0.717) is 34.4 Å². The zero-order valence-electron chi connectivity index (χ0n) is 18.8. The molecule has 0 aliphatic carbocycles. The fourth-order valence-corrected chi connectivity index (χ4v) is 4.06.